The normalized spacial score (nSPS) is 11.2. The first-order valence-electron chi connectivity index (χ1n) is 7.72. The Bertz CT molecular complexity index is 1060. The van der Waals surface area contributed by atoms with Crippen molar-refractivity contribution in [2.75, 3.05) is 18.1 Å². The van der Waals surface area contributed by atoms with Gasteiger partial charge in [-0.05, 0) is 53.9 Å². The van der Waals surface area contributed by atoms with Crippen molar-refractivity contribution in [1.29, 1.82) is 0 Å². The Labute approximate surface area is 151 Å². The lowest BCUT2D eigenvalue weighted by molar-refractivity contribution is 0.0601. The predicted molar refractivity (Wildman–Crippen MR) is 100 cm³/mol. The molecule has 0 aliphatic rings. The molecule has 0 bridgehead atoms. The lowest BCUT2D eigenvalue weighted by atomic mass is 10.1. The highest BCUT2D eigenvalue weighted by atomic mass is 32.2. The molecule has 0 unspecified atom stereocenters. The van der Waals surface area contributed by atoms with E-state index in [0.29, 0.717) is 22.7 Å². The van der Waals surface area contributed by atoms with E-state index in [9.17, 15) is 13.2 Å². The number of fused-ring (bicyclic) bond motifs is 1. The molecular weight excluding hydrogens is 354 g/mol. The van der Waals surface area contributed by atoms with Gasteiger partial charge in [0.2, 0.25) is 10.0 Å². The molecule has 134 valence electrons. The smallest absolute Gasteiger partial charge is 0.337 e. The lowest BCUT2D eigenvalue weighted by Gasteiger charge is -2.11. The van der Waals surface area contributed by atoms with Gasteiger partial charge in [-0.2, -0.15) is 0 Å². The van der Waals surface area contributed by atoms with Crippen LogP contribution in [0, 0.1) is 0 Å². The van der Waals surface area contributed by atoms with Gasteiger partial charge >= 0.3 is 5.97 Å². The minimum atomic E-state index is -3.32. The van der Waals surface area contributed by atoms with Gasteiger partial charge in [-0.25, -0.2) is 13.2 Å². The van der Waals surface area contributed by atoms with E-state index in [4.69, 9.17) is 9.47 Å². The Morgan fingerprint density at radius 1 is 1.00 bits per heavy atom. The number of esters is 1. The molecule has 0 aromatic heterocycles. The third kappa shape index (κ3) is 4.12. The summed E-state index contributed by atoms with van der Waals surface area (Å²) in [6, 6.07) is 17.4. The van der Waals surface area contributed by atoms with E-state index in [2.05, 4.69) is 4.72 Å². The molecule has 3 aromatic rings. The summed E-state index contributed by atoms with van der Waals surface area (Å²) in [6.45, 7) is 0. The van der Waals surface area contributed by atoms with E-state index in [1.165, 1.54) is 7.11 Å². The Morgan fingerprint density at radius 3 is 2.38 bits per heavy atom. The zero-order chi connectivity index (χ0) is 18.7. The SMILES string of the molecule is COC(=O)c1ccc2c(Oc3ccc(NS(C)(=O)=O)cc3)cccc2c1. The van der Waals surface area contributed by atoms with Crippen LogP contribution in [0.2, 0.25) is 0 Å². The van der Waals surface area contributed by atoms with Gasteiger partial charge < -0.3 is 9.47 Å². The van der Waals surface area contributed by atoms with Gasteiger partial charge in [-0.3, -0.25) is 4.72 Å². The topological polar surface area (TPSA) is 81.7 Å². The zero-order valence-corrected chi connectivity index (χ0v) is 15.0. The quantitative estimate of drug-likeness (QED) is 0.690. The van der Waals surface area contributed by atoms with Crippen molar-refractivity contribution in [3.8, 4) is 11.5 Å². The average Bonchev–Trinajstić information content (AvgIpc) is 2.61. The Hall–Kier alpha value is -3.06. The summed E-state index contributed by atoms with van der Waals surface area (Å²) in [5, 5.41) is 1.69. The third-order valence-electron chi connectivity index (χ3n) is 3.65. The fourth-order valence-electron chi connectivity index (χ4n) is 2.52. The predicted octanol–water partition coefficient (Wildman–Crippen LogP) is 3.79. The Morgan fingerprint density at radius 2 is 1.73 bits per heavy atom. The van der Waals surface area contributed by atoms with Crippen LogP contribution in [0.25, 0.3) is 10.8 Å². The van der Waals surface area contributed by atoms with Crippen LogP contribution in [0.3, 0.4) is 0 Å². The molecule has 0 radical (unpaired) electrons. The van der Waals surface area contributed by atoms with Crippen LogP contribution in [0.4, 0.5) is 5.69 Å². The monoisotopic (exact) mass is 371 g/mol. The number of carbonyl (C=O) groups excluding carboxylic acids is 1. The van der Waals surface area contributed by atoms with E-state index in [0.717, 1.165) is 17.0 Å². The Kier molecular flexibility index (Phi) is 4.81. The number of anilines is 1. The maximum Gasteiger partial charge on any atom is 0.337 e. The first-order chi connectivity index (χ1) is 12.4. The van der Waals surface area contributed by atoms with Crippen LogP contribution >= 0.6 is 0 Å². The molecular formula is C19H17NO5S. The molecule has 0 aliphatic heterocycles. The van der Waals surface area contributed by atoms with Crippen LogP contribution in [-0.4, -0.2) is 27.8 Å². The second-order valence-corrected chi connectivity index (χ2v) is 7.43. The number of nitrogens with one attached hydrogen (secondary N) is 1. The molecule has 0 saturated carbocycles. The highest BCUT2D eigenvalue weighted by molar-refractivity contribution is 7.92. The number of benzene rings is 3. The number of sulfonamides is 1. The van der Waals surface area contributed by atoms with Gasteiger partial charge in [-0.15, -0.1) is 0 Å². The van der Waals surface area contributed by atoms with Crippen LogP contribution in [0.5, 0.6) is 11.5 Å². The summed E-state index contributed by atoms with van der Waals surface area (Å²) in [7, 11) is -1.98. The summed E-state index contributed by atoms with van der Waals surface area (Å²) < 4.78 is 35.5. The van der Waals surface area contributed by atoms with Crippen LogP contribution in [0.1, 0.15) is 10.4 Å². The summed E-state index contributed by atoms with van der Waals surface area (Å²) in [5.41, 5.74) is 0.925. The number of ether oxygens (including phenoxy) is 2. The van der Waals surface area contributed by atoms with E-state index in [1.54, 1.807) is 42.5 Å². The number of carbonyl (C=O) groups is 1. The summed E-state index contributed by atoms with van der Waals surface area (Å²) in [4.78, 5) is 11.7. The van der Waals surface area contributed by atoms with E-state index < -0.39 is 16.0 Å². The first kappa shape index (κ1) is 17.8. The zero-order valence-electron chi connectivity index (χ0n) is 14.2. The van der Waals surface area contributed by atoms with Crippen LogP contribution < -0.4 is 9.46 Å². The van der Waals surface area contributed by atoms with E-state index in [1.807, 2.05) is 18.2 Å². The van der Waals surface area contributed by atoms with Crippen molar-refractivity contribution in [2.45, 2.75) is 0 Å². The lowest BCUT2D eigenvalue weighted by Crippen LogP contribution is -2.09. The molecule has 3 rings (SSSR count). The molecule has 1 N–H and O–H groups in total. The van der Waals surface area contributed by atoms with Gasteiger partial charge in [0.05, 0.1) is 18.9 Å². The van der Waals surface area contributed by atoms with Crippen molar-refractivity contribution < 1.29 is 22.7 Å². The second-order valence-electron chi connectivity index (χ2n) is 5.68. The molecule has 0 heterocycles. The molecule has 6 nitrogen and oxygen atoms in total. The summed E-state index contributed by atoms with van der Waals surface area (Å²) in [6.07, 6.45) is 1.09. The molecule has 0 saturated heterocycles. The minimum Gasteiger partial charge on any atom is -0.465 e. The average molecular weight is 371 g/mol. The molecule has 26 heavy (non-hydrogen) atoms. The molecule has 0 fully saturated rings. The molecule has 0 atom stereocenters. The van der Waals surface area contributed by atoms with Gasteiger partial charge in [0.25, 0.3) is 0 Å². The van der Waals surface area contributed by atoms with Crippen molar-refractivity contribution >= 4 is 32.5 Å². The van der Waals surface area contributed by atoms with Crippen molar-refractivity contribution in [3.05, 3.63) is 66.2 Å². The Balaban J connectivity index is 1.88. The molecule has 0 amide bonds. The van der Waals surface area contributed by atoms with Gasteiger partial charge in [0.1, 0.15) is 11.5 Å². The van der Waals surface area contributed by atoms with E-state index in [-0.39, 0.29) is 0 Å². The van der Waals surface area contributed by atoms with E-state index >= 15 is 0 Å². The minimum absolute atomic E-state index is 0.396. The van der Waals surface area contributed by atoms with Gasteiger partial charge in [0.15, 0.2) is 0 Å². The standard InChI is InChI=1S/C19H17NO5S/c1-24-19(21)14-6-11-17-13(12-14)4-3-5-18(17)25-16-9-7-15(8-10-16)20-26(2,22)23/h3-12,20H,1-2H3. The maximum absolute atomic E-state index is 11.7. The van der Waals surface area contributed by atoms with Crippen molar-refractivity contribution in [3.63, 3.8) is 0 Å². The molecule has 3 aromatic carbocycles. The van der Waals surface area contributed by atoms with Crippen LogP contribution in [-0.2, 0) is 14.8 Å². The van der Waals surface area contributed by atoms with Crippen LogP contribution in [0.15, 0.2) is 60.7 Å². The molecule has 7 heteroatoms. The van der Waals surface area contributed by atoms with Gasteiger partial charge in [0, 0.05) is 11.1 Å². The summed E-state index contributed by atoms with van der Waals surface area (Å²) in [5.74, 6) is 0.795. The molecule has 0 spiro atoms. The fourth-order valence-corrected chi connectivity index (χ4v) is 3.08. The van der Waals surface area contributed by atoms with Gasteiger partial charge in [-0.1, -0.05) is 12.1 Å². The third-order valence-corrected chi connectivity index (χ3v) is 4.25. The maximum atomic E-state index is 11.7. The largest absolute Gasteiger partial charge is 0.465 e. The number of methoxy groups -OCH3 is 1. The van der Waals surface area contributed by atoms with Crippen molar-refractivity contribution in [1.82, 2.24) is 0 Å². The fraction of sp³-hybridized carbons (Fsp3) is 0.105. The second kappa shape index (κ2) is 7.05. The summed E-state index contributed by atoms with van der Waals surface area (Å²) >= 11 is 0. The molecule has 0 aliphatic carbocycles. The van der Waals surface area contributed by atoms with Crippen molar-refractivity contribution in [2.24, 2.45) is 0 Å². The first-order valence-corrected chi connectivity index (χ1v) is 9.62. The highest BCUT2D eigenvalue weighted by Crippen LogP contribution is 2.31. The number of rotatable bonds is 5. The number of hydrogen-bond acceptors (Lipinski definition) is 5. The number of hydrogen-bond donors (Lipinski definition) is 1. The highest BCUT2D eigenvalue weighted by Gasteiger charge is 2.09.